The molecule has 0 saturated carbocycles. The van der Waals surface area contributed by atoms with Crippen molar-refractivity contribution in [3.8, 4) is 6.07 Å². The van der Waals surface area contributed by atoms with E-state index in [9.17, 15) is 4.79 Å². The average Bonchev–Trinajstić information content (AvgIpc) is 2.65. The minimum absolute atomic E-state index is 0.0946. The number of nitriles is 1. The van der Waals surface area contributed by atoms with Crippen LogP contribution in [0.25, 0.3) is 0 Å². The quantitative estimate of drug-likeness (QED) is 0.661. The number of anilines is 3. The summed E-state index contributed by atoms with van der Waals surface area (Å²) < 4.78 is 0. The molecule has 0 unspecified atom stereocenters. The molecule has 5 heteroatoms. The SMILES string of the molecule is N#Cc1ccccc1Nc1ccc(NC(=O)Cc2ccc(Cl)cc2)cc1. The third-order valence-electron chi connectivity index (χ3n) is 3.77. The van der Waals surface area contributed by atoms with Gasteiger partial charge in [0.2, 0.25) is 5.91 Å². The maximum absolute atomic E-state index is 12.1. The van der Waals surface area contributed by atoms with Gasteiger partial charge in [-0.1, -0.05) is 35.9 Å². The van der Waals surface area contributed by atoms with Crippen molar-refractivity contribution in [1.82, 2.24) is 0 Å². The first-order valence-corrected chi connectivity index (χ1v) is 8.42. The molecule has 3 aromatic carbocycles. The molecular weight excluding hydrogens is 346 g/mol. The summed E-state index contributed by atoms with van der Waals surface area (Å²) in [7, 11) is 0. The lowest BCUT2D eigenvalue weighted by Gasteiger charge is -2.10. The van der Waals surface area contributed by atoms with Crippen LogP contribution in [0.15, 0.2) is 72.8 Å². The summed E-state index contributed by atoms with van der Waals surface area (Å²) in [6.07, 6.45) is 0.284. The van der Waals surface area contributed by atoms with Crippen LogP contribution in [0.1, 0.15) is 11.1 Å². The minimum Gasteiger partial charge on any atom is -0.354 e. The molecule has 1 amide bonds. The first-order valence-electron chi connectivity index (χ1n) is 8.04. The minimum atomic E-state index is -0.0946. The predicted octanol–water partition coefficient (Wildman–Crippen LogP) is 5.14. The Hall–Kier alpha value is -3.29. The molecular formula is C21H16ClN3O. The summed E-state index contributed by atoms with van der Waals surface area (Å²) in [5, 5.41) is 15.8. The number of amides is 1. The molecule has 0 aromatic heterocycles. The van der Waals surface area contributed by atoms with Gasteiger partial charge in [0, 0.05) is 16.4 Å². The van der Waals surface area contributed by atoms with Gasteiger partial charge in [-0.25, -0.2) is 0 Å². The number of benzene rings is 3. The molecule has 3 aromatic rings. The highest BCUT2D eigenvalue weighted by Crippen LogP contribution is 2.22. The first-order chi connectivity index (χ1) is 12.6. The summed E-state index contributed by atoms with van der Waals surface area (Å²) in [6, 6.07) is 24.0. The van der Waals surface area contributed by atoms with Crippen LogP contribution in [-0.2, 0) is 11.2 Å². The summed E-state index contributed by atoms with van der Waals surface area (Å²) in [4.78, 5) is 12.1. The molecule has 0 aliphatic carbocycles. The van der Waals surface area contributed by atoms with Gasteiger partial charge in [0.15, 0.2) is 0 Å². The zero-order valence-corrected chi connectivity index (χ0v) is 14.6. The van der Waals surface area contributed by atoms with E-state index in [-0.39, 0.29) is 12.3 Å². The fourth-order valence-corrected chi connectivity index (χ4v) is 2.60. The van der Waals surface area contributed by atoms with Crippen molar-refractivity contribution in [1.29, 1.82) is 5.26 Å². The summed E-state index contributed by atoms with van der Waals surface area (Å²) in [6.45, 7) is 0. The van der Waals surface area contributed by atoms with Crippen molar-refractivity contribution in [2.75, 3.05) is 10.6 Å². The van der Waals surface area contributed by atoms with Gasteiger partial charge in [-0.05, 0) is 54.1 Å². The van der Waals surface area contributed by atoms with Gasteiger partial charge in [-0.3, -0.25) is 4.79 Å². The van der Waals surface area contributed by atoms with Crippen molar-refractivity contribution in [3.63, 3.8) is 0 Å². The molecule has 0 spiro atoms. The van der Waals surface area contributed by atoms with Gasteiger partial charge in [0.25, 0.3) is 0 Å². The fourth-order valence-electron chi connectivity index (χ4n) is 2.47. The normalized spacial score (nSPS) is 10.0. The maximum Gasteiger partial charge on any atom is 0.228 e. The monoisotopic (exact) mass is 361 g/mol. The molecule has 0 fully saturated rings. The molecule has 3 rings (SSSR count). The van der Waals surface area contributed by atoms with Gasteiger partial charge in [-0.2, -0.15) is 5.26 Å². The van der Waals surface area contributed by atoms with Gasteiger partial charge in [-0.15, -0.1) is 0 Å². The topological polar surface area (TPSA) is 64.9 Å². The lowest BCUT2D eigenvalue weighted by Crippen LogP contribution is -2.14. The highest BCUT2D eigenvalue weighted by atomic mass is 35.5. The third kappa shape index (κ3) is 4.62. The Kier molecular flexibility index (Phi) is 5.52. The van der Waals surface area contributed by atoms with E-state index in [0.717, 1.165) is 16.9 Å². The summed E-state index contributed by atoms with van der Waals surface area (Å²) in [5.41, 5.74) is 3.77. The molecule has 128 valence electrons. The van der Waals surface area contributed by atoms with Crippen LogP contribution in [0, 0.1) is 11.3 Å². The van der Waals surface area contributed by atoms with E-state index in [1.54, 1.807) is 18.2 Å². The van der Waals surface area contributed by atoms with Crippen LogP contribution in [0.5, 0.6) is 0 Å². The Morgan fingerprint density at radius 1 is 0.923 bits per heavy atom. The largest absolute Gasteiger partial charge is 0.354 e. The Morgan fingerprint density at radius 3 is 2.27 bits per heavy atom. The lowest BCUT2D eigenvalue weighted by molar-refractivity contribution is -0.115. The predicted molar refractivity (Wildman–Crippen MR) is 105 cm³/mol. The van der Waals surface area contributed by atoms with E-state index >= 15 is 0 Å². The second kappa shape index (κ2) is 8.19. The smallest absolute Gasteiger partial charge is 0.228 e. The van der Waals surface area contributed by atoms with E-state index in [0.29, 0.717) is 16.3 Å². The van der Waals surface area contributed by atoms with E-state index in [1.165, 1.54) is 0 Å². The van der Waals surface area contributed by atoms with Crippen LogP contribution in [0.3, 0.4) is 0 Å². The number of halogens is 1. The lowest BCUT2D eigenvalue weighted by atomic mass is 10.1. The fraction of sp³-hybridized carbons (Fsp3) is 0.0476. The van der Waals surface area contributed by atoms with Gasteiger partial charge < -0.3 is 10.6 Å². The molecule has 26 heavy (non-hydrogen) atoms. The Labute approximate surface area is 157 Å². The molecule has 0 aliphatic heterocycles. The average molecular weight is 362 g/mol. The first kappa shape index (κ1) is 17.5. The van der Waals surface area contributed by atoms with E-state index in [2.05, 4.69) is 16.7 Å². The molecule has 0 bridgehead atoms. The third-order valence-corrected chi connectivity index (χ3v) is 4.03. The van der Waals surface area contributed by atoms with Crippen molar-refractivity contribution < 1.29 is 4.79 Å². The standard InChI is InChI=1S/C21H16ClN3O/c22-17-7-5-15(6-8-17)13-21(26)25-19-11-9-18(10-12-19)24-20-4-2-1-3-16(20)14-23/h1-12,24H,13H2,(H,25,26). The van der Waals surface area contributed by atoms with Crippen LogP contribution >= 0.6 is 11.6 Å². The number of nitrogens with zero attached hydrogens (tertiary/aromatic N) is 1. The van der Waals surface area contributed by atoms with Gasteiger partial charge in [0.1, 0.15) is 6.07 Å². The van der Waals surface area contributed by atoms with E-state index in [1.807, 2.05) is 54.6 Å². The molecule has 2 N–H and O–H groups in total. The second-order valence-corrected chi connectivity index (χ2v) is 6.15. The number of rotatable bonds is 5. The van der Waals surface area contributed by atoms with E-state index < -0.39 is 0 Å². The number of carbonyl (C=O) groups excluding carboxylic acids is 1. The van der Waals surface area contributed by atoms with Gasteiger partial charge >= 0.3 is 0 Å². The van der Waals surface area contributed by atoms with Crippen molar-refractivity contribution in [2.24, 2.45) is 0 Å². The van der Waals surface area contributed by atoms with Crippen LogP contribution in [0.2, 0.25) is 5.02 Å². The van der Waals surface area contributed by atoms with Crippen molar-refractivity contribution in [2.45, 2.75) is 6.42 Å². The van der Waals surface area contributed by atoms with Crippen LogP contribution < -0.4 is 10.6 Å². The molecule has 0 heterocycles. The molecule has 0 atom stereocenters. The zero-order valence-electron chi connectivity index (χ0n) is 13.9. The molecule has 0 saturated heterocycles. The summed E-state index contributed by atoms with van der Waals surface area (Å²) >= 11 is 5.85. The zero-order chi connectivity index (χ0) is 18.4. The number of hydrogen-bond acceptors (Lipinski definition) is 3. The molecule has 0 radical (unpaired) electrons. The van der Waals surface area contributed by atoms with Crippen LogP contribution in [-0.4, -0.2) is 5.91 Å². The maximum atomic E-state index is 12.1. The number of carbonyl (C=O) groups is 1. The summed E-state index contributed by atoms with van der Waals surface area (Å²) in [5.74, 6) is -0.0946. The van der Waals surface area contributed by atoms with Crippen molar-refractivity contribution in [3.05, 3.63) is 88.9 Å². The highest BCUT2D eigenvalue weighted by Gasteiger charge is 2.05. The van der Waals surface area contributed by atoms with Crippen molar-refractivity contribution >= 4 is 34.6 Å². The number of nitrogens with one attached hydrogen (secondary N) is 2. The Balaban J connectivity index is 1.61. The van der Waals surface area contributed by atoms with Gasteiger partial charge in [0.05, 0.1) is 17.7 Å². The Morgan fingerprint density at radius 2 is 1.58 bits per heavy atom. The molecule has 0 aliphatic rings. The van der Waals surface area contributed by atoms with Crippen LogP contribution in [0.4, 0.5) is 17.1 Å². The molecule has 4 nitrogen and oxygen atoms in total. The second-order valence-electron chi connectivity index (χ2n) is 5.71. The Bertz CT molecular complexity index is 944. The number of hydrogen-bond donors (Lipinski definition) is 2. The van der Waals surface area contributed by atoms with E-state index in [4.69, 9.17) is 16.9 Å². The highest BCUT2D eigenvalue weighted by molar-refractivity contribution is 6.30. The number of para-hydroxylation sites is 1.